The molecule has 0 radical (unpaired) electrons. The van der Waals surface area contributed by atoms with E-state index in [2.05, 4.69) is 32.3 Å². The summed E-state index contributed by atoms with van der Waals surface area (Å²) >= 11 is 0. The zero-order valence-electron chi connectivity index (χ0n) is 22.4. The SMILES string of the molecule is CCOc1ccc2[nH]c(=O)c(CN(Cc3ccc4c(c3)OCO4)[C@H](CC)c3nnnn3C3CCCC3)cc2c1. The molecular formula is C29H34N6O4. The van der Waals surface area contributed by atoms with Gasteiger partial charge in [-0.3, -0.25) is 9.69 Å². The predicted molar refractivity (Wildman–Crippen MR) is 146 cm³/mol. The number of rotatable bonds is 10. The molecule has 2 aromatic carbocycles. The van der Waals surface area contributed by atoms with Crippen molar-refractivity contribution in [3.8, 4) is 17.2 Å². The van der Waals surface area contributed by atoms with Gasteiger partial charge in [-0.1, -0.05) is 25.8 Å². The zero-order valence-corrected chi connectivity index (χ0v) is 22.4. The van der Waals surface area contributed by atoms with Crippen LogP contribution in [0, 0.1) is 0 Å². The molecule has 10 heteroatoms. The van der Waals surface area contributed by atoms with Gasteiger partial charge >= 0.3 is 0 Å². The second kappa shape index (κ2) is 11.1. The molecule has 0 spiro atoms. The van der Waals surface area contributed by atoms with Crippen LogP contribution in [0.25, 0.3) is 10.9 Å². The van der Waals surface area contributed by atoms with Gasteiger partial charge < -0.3 is 19.2 Å². The molecule has 1 saturated carbocycles. The highest BCUT2D eigenvalue weighted by molar-refractivity contribution is 5.80. The van der Waals surface area contributed by atoms with Crippen LogP contribution in [0.1, 0.15) is 75.0 Å². The Labute approximate surface area is 226 Å². The van der Waals surface area contributed by atoms with Gasteiger partial charge in [-0.2, -0.15) is 0 Å². The Morgan fingerprint density at radius 1 is 1.08 bits per heavy atom. The molecule has 1 aliphatic heterocycles. The second-order valence-corrected chi connectivity index (χ2v) is 10.2. The van der Waals surface area contributed by atoms with E-state index in [-0.39, 0.29) is 18.4 Å². The average Bonchev–Trinajstić information content (AvgIpc) is 3.71. The molecule has 10 nitrogen and oxygen atoms in total. The first-order chi connectivity index (χ1) is 19.1. The lowest BCUT2D eigenvalue weighted by Crippen LogP contribution is -2.32. The lowest BCUT2D eigenvalue weighted by Gasteiger charge is -2.31. The van der Waals surface area contributed by atoms with Crippen molar-refractivity contribution in [2.45, 2.75) is 71.1 Å². The van der Waals surface area contributed by atoms with Crippen LogP contribution in [0.5, 0.6) is 17.2 Å². The zero-order chi connectivity index (χ0) is 26.8. The number of nitrogens with zero attached hydrogens (tertiary/aromatic N) is 5. The molecule has 39 heavy (non-hydrogen) atoms. The summed E-state index contributed by atoms with van der Waals surface area (Å²) in [6.45, 7) is 5.92. The van der Waals surface area contributed by atoms with E-state index < -0.39 is 0 Å². The summed E-state index contributed by atoms with van der Waals surface area (Å²) < 4.78 is 18.9. The Kier molecular flexibility index (Phi) is 7.19. The van der Waals surface area contributed by atoms with E-state index in [9.17, 15) is 4.79 Å². The molecule has 204 valence electrons. The molecule has 4 aromatic rings. The number of hydrogen-bond donors (Lipinski definition) is 1. The molecule has 1 N–H and O–H groups in total. The maximum absolute atomic E-state index is 13.3. The molecule has 1 atom stereocenters. The van der Waals surface area contributed by atoms with Gasteiger partial charge in [0.25, 0.3) is 5.56 Å². The molecule has 6 rings (SSSR count). The highest BCUT2D eigenvalue weighted by Crippen LogP contribution is 2.36. The normalized spacial score (nSPS) is 15.9. The van der Waals surface area contributed by atoms with E-state index >= 15 is 0 Å². The Morgan fingerprint density at radius 3 is 2.74 bits per heavy atom. The van der Waals surface area contributed by atoms with Crippen LogP contribution < -0.4 is 19.8 Å². The number of aromatic nitrogens is 5. The number of fused-ring (bicyclic) bond motifs is 2. The van der Waals surface area contributed by atoms with Gasteiger partial charge in [0.2, 0.25) is 6.79 Å². The number of H-pyrrole nitrogens is 1. The predicted octanol–water partition coefficient (Wildman–Crippen LogP) is 4.91. The number of ether oxygens (including phenoxy) is 3. The smallest absolute Gasteiger partial charge is 0.252 e. The average molecular weight is 531 g/mol. The summed E-state index contributed by atoms with van der Waals surface area (Å²) in [5.74, 6) is 3.12. The molecule has 0 saturated heterocycles. The molecule has 2 aromatic heterocycles. The van der Waals surface area contributed by atoms with Gasteiger partial charge in [0.1, 0.15) is 5.75 Å². The van der Waals surface area contributed by atoms with E-state index in [1.54, 1.807) is 0 Å². The molecule has 1 fully saturated rings. The van der Waals surface area contributed by atoms with Crippen LogP contribution in [0.2, 0.25) is 0 Å². The van der Waals surface area contributed by atoms with Crippen LogP contribution in [-0.2, 0) is 13.1 Å². The number of benzene rings is 2. The number of hydrogen-bond acceptors (Lipinski definition) is 8. The summed E-state index contributed by atoms with van der Waals surface area (Å²) in [5, 5.41) is 13.9. The van der Waals surface area contributed by atoms with Crippen LogP contribution in [0.15, 0.2) is 47.3 Å². The Balaban J connectivity index is 1.38. The number of pyridine rings is 1. The van der Waals surface area contributed by atoms with E-state index in [0.29, 0.717) is 31.3 Å². The van der Waals surface area contributed by atoms with Crippen LogP contribution >= 0.6 is 0 Å². The Hall–Kier alpha value is -3.92. The van der Waals surface area contributed by atoms with E-state index in [1.165, 1.54) is 12.8 Å². The lowest BCUT2D eigenvalue weighted by atomic mass is 10.1. The summed E-state index contributed by atoms with van der Waals surface area (Å²) in [6, 6.07) is 13.9. The first-order valence-electron chi connectivity index (χ1n) is 13.8. The fourth-order valence-corrected chi connectivity index (χ4v) is 5.81. The molecule has 0 bridgehead atoms. The topological polar surface area (TPSA) is 107 Å². The maximum Gasteiger partial charge on any atom is 0.252 e. The van der Waals surface area contributed by atoms with Crippen molar-refractivity contribution in [3.63, 3.8) is 0 Å². The maximum atomic E-state index is 13.3. The number of nitrogens with one attached hydrogen (secondary N) is 1. The molecule has 0 amide bonds. The molecule has 3 heterocycles. The van der Waals surface area contributed by atoms with Crippen molar-refractivity contribution in [1.82, 2.24) is 30.1 Å². The molecule has 2 aliphatic rings. The van der Waals surface area contributed by atoms with E-state index in [1.807, 2.05) is 54.1 Å². The van der Waals surface area contributed by atoms with Crippen molar-refractivity contribution >= 4 is 10.9 Å². The summed E-state index contributed by atoms with van der Waals surface area (Å²) in [6.07, 6.45) is 5.35. The van der Waals surface area contributed by atoms with Crippen molar-refractivity contribution < 1.29 is 14.2 Å². The minimum absolute atomic E-state index is 0.0871. The highest BCUT2D eigenvalue weighted by Gasteiger charge is 2.30. The van der Waals surface area contributed by atoms with Gasteiger partial charge in [0, 0.05) is 29.6 Å². The Morgan fingerprint density at radius 2 is 1.92 bits per heavy atom. The third kappa shape index (κ3) is 5.21. The van der Waals surface area contributed by atoms with Crippen LogP contribution in [0.3, 0.4) is 0 Å². The summed E-state index contributed by atoms with van der Waals surface area (Å²) in [4.78, 5) is 18.6. The lowest BCUT2D eigenvalue weighted by molar-refractivity contribution is 0.158. The standard InChI is InChI=1S/C29H34N6O4/c1-3-25(28-31-32-33-35(28)22-7-5-6-8-22)34(16-19-9-12-26-27(13-19)39-18-38-26)17-21-14-20-15-23(37-4-2)10-11-24(20)30-29(21)36/h9-15,22,25H,3-8,16-18H2,1-2H3,(H,30,36)/t25-/m1/s1. The monoisotopic (exact) mass is 530 g/mol. The van der Waals surface area contributed by atoms with E-state index in [4.69, 9.17) is 14.2 Å². The van der Waals surface area contributed by atoms with Crippen molar-refractivity contribution in [2.24, 2.45) is 0 Å². The van der Waals surface area contributed by atoms with Crippen LogP contribution in [-0.4, -0.2) is 43.5 Å². The van der Waals surface area contributed by atoms with Crippen molar-refractivity contribution in [1.29, 1.82) is 0 Å². The summed E-state index contributed by atoms with van der Waals surface area (Å²) in [5.41, 5.74) is 2.42. The molecule has 1 aliphatic carbocycles. The highest BCUT2D eigenvalue weighted by atomic mass is 16.7. The van der Waals surface area contributed by atoms with Crippen LogP contribution in [0.4, 0.5) is 0 Å². The van der Waals surface area contributed by atoms with Crippen molar-refractivity contribution in [3.05, 3.63) is 69.8 Å². The fraction of sp³-hybridized carbons (Fsp3) is 0.448. The fourth-order valence-electron chi connectivity index (χ4n) is 5.81. The van der Waals surface area contributed by atoms with Gasteiger partial charge in [-0.25, -0.2) is 4.68 Å². The number of tetrazole rings is 1. The number of aromatic amines is 1. The Bertz CT molecular complexity index is 1510. The summed E-state index contributed by atoms with van der Waals surface area (Å²) in [7, 11) is 0. The largest absolute Gasteiger partial charge is 0.494 e. The first kappa shape index (κ1) is 25.4. The van der Waals surface area contributed by atoms with Crippen molar-refractivity contribution in [2.75, 3.05) is 13.4 Å². The minimum atomic E-state index is -0.104. The van der Waals surface area contributed by atoms with Gasteiger partial charge in [0.15, 0.2) is 17.3 Å². The van der Waals surface area contributed by atoms with Gasteiger partial charge in [-0.15, -0.1) is 5.10 Å². The third-order valence-electron chi connectivity index (χ3n) is 7.71. The van der Waals surface area contributed by atoms with Gasteiger partial charge in [0.05, 0.1) is 18.7 Å². The third-order valence-corrected chi connectivity index (χ3v) is 7.71. The van der Waals surface area contributed by atoms with E-state index in [0.717, 1.165) is 58.8 Å². The van der Waals surface area contributed by atoms with Gasteiger partial charge in [-0.05, 0) is 78.6 Å². The molecule has 0 unspecified atom stereocenters. The first-order valence-corrected chi connectivity index (χ1v) is 13.8. The quantitative estimate of drug-likeness (QED) is 0.308. The molecular weight excluding hydrogens is 496 g/mol. The minimum Gasteiger partial charge on any atom is -0.494 e. The second-order valence-electron chi connectivity index (χ2n) is 10.2.